The van der Waals surface area contributed by atoms with Gasteiger partial charge in [-0.1, -0.05) is 119 Å². The largest absolute Gasteiger partial charge is 0.493 e. The third-order valence-corrected chi connectivity index (χ3v) is 23.6. The van der Waals surface area contributed by atoms with Gasteiger partial charge in [0, 0.05) is 145 Å². The van der Waals surface area contributed by atoms with E-state index < -0.39 is 41.1 Å². The van der Waals surface area contributed by atoms with Crippen LogP contribution >= 0.6 is 86.0 Å². The molecule has 13 heterocycles. The molecule has 9 aromatic heterocycles. The molecule has 3 amide bonds. The number of hydrogen-bond donors (Lipinski definition) is 8. The minimum atomic E-state index is -0.900. The van der Waals surface area contributed by atoms with E-state index in [4.69, 9.17) is 78.8 Å². The number of thiazole rings is 2. The fourth-order valence-electron chi connectivity index (χ4n) is 13.5. The SMILES string of the molecule is C.CC(C)(C)OC(=O)NC1CCOc2cc(-c3ccnc(Cl)n3)ccc21.CC(C)(C)OC(=O)NC1CCOc2cc(Br)ccc21.CC(C)(C)c1ncc(C(=O)O)s1.CS.Clc1ccnc(Cl)n1.Cn1cc(N)cn1.Cn1cc(Nc2nccc(-c3ccc4c(c3)OCCC4CC(=O)c3cnc(C(C)(C)C)s3)n2)cn1.Cn1cc(Nc2nccc(-c3ccc4c(c3)OCCC4NC(=O)OC(C)(C)C)n2)cn1. The molecule has 0 saturated carbocycles. The molecule has 13 aromatic rings. The highest BCUT2D eigenvalue weighted by Gasteiger charge is 2.33. The summed E-state index contributed by atoms with van der Waals surface area (Å²) in [5, 5.41) is 38.4. The zero-order valence-corrected chi connectivity index (χ0v) is 87.1. The number of aromatic nitrogens is 16. The number of nitrogens with two attached hydrogens (primary N) is 1. The summed E-state index contributed by atoms with van der Waals surface area (Å²) in [4.78, 5) is 102. The number of carboxylic acid groups (broad SMARTS) is 1. The van der Waals surface area contributed by atoms with Crippen LogP contribution in [0.2, 0.25) is 15.7 Å². The molecule has 8 N–H and O–H groups in total. The van der Waals surface area contributed by atoms with E-state index in [1.165, 1.54) is 35.1 Å². The van der Waals surface area contributed by atoms with Gasteiger partial charge in [0.2, 0.25) is 22.5 Å². The van der Waals surface area contributed by atoms with Gasteiger partial charge in [0.05, 0.1) is 118 Å². The minimum Gasteiger partial charge on any atom is -0.493 e. The number of carbonyl (C=O) groups excluding carboxylic acids is 4. The molecule has 140 heavy (non-hydrogen) atoms. The zero-order valence-electron chi connectivity index (χ0n) is 80.7. The van der Waals surface area contributed by atoms with Crippen molar-refractivity contribution in [2.45, 2.75) is 195 Å². The molecule has 4 atom stereocenters. The van der Waals surface area contributed by atoms with E-state index >= 15 is 0 Å². The van der Waals surface area contributed by atoms with Gasteiger partial charge in [0.1, 0.15) is 49.8 Å². The predicted molar refractivity (Wildman–Crippen MR) is 553 cm³/mol. The van der Waals surface area contributed by atoms with Gasteiger partial charge in [-0.3, -0.25) is 18.8 Å². The summed E-state index contributed by atoms with van der Waals surface area (Å²) in [5.41, 5.74) is 14.8. The van der Waals surface area contributed by atoms with Crippen molar-refractivity contribution in [1.29, 1.82) is 0 Å². The Hall–Kier alpha value is -12.7. The molecule has 746 valence electrons. The molecule has 0 aliphatic carbocycles. The number of amides is 3. The molecule has 42 heteroatoms. The van der Waals surface area contributed by atoms with Gasteiger partial charge >= 0.3 is 24.2 Å². The van der Waals surface area contributed by atoms with Crippen LogP contribution in [0.25, 0.3) is 33.8 Å². The fourth-order valence-corrected chi connectivity index (χ4v) is 16.1. The van der Waals surface area contributed by atoms with Gasteiger partial charge in [0.25, 0.3) is 0 Å². The summed E-state index contributed by atoms with van der Waals surface area (Å²) < 4.78 is 45.3. The Kier molecular flexibility index (Phi) is 40.0. The molecule has 4 aliphatic heterocycles. The summed E-state index contributed by atoms with van der Waals surface area (Å²) in [5.74, 6) is 3.40. The first-order chi connectivity index (χ1) is 65.7. The molecule has 4 unspecified atom stereocenters. The number of aryl methyl sites for hydroxylation is 3. The zero-order chi connectivity index (χ0) is 101. The highest BCUT2D eigenvalue weighted by atomic mass is 79.9. The van der Waals surface area contributed by atoms with Crippen LogP contribution in [0.3, 0.4) is 0 Å². The lowest BCUT2D eigenvalue weighted by Crippen LogP contribution is -2.36. The quantitative estimate of drug-likeness (QED) is 0.0165. The van der Waals surface area contributed by atoms with Crippen molar-refractivity contribution in [3.05, 3.63) is 234 Å². The van der Waals surface area contributed by atoms with Crippen molar-refractivity contribution in [3.8, 4) is 56.8 Å². The standard InChI is InChI=1S/C26H28N6O2S.C22H26N6O3.C18H20ClN3O3.C14H18BrNO3.C8H11NO2S.C4H2Cl2N2.C4H7N3.CH4S.CH4/c1-26(2,3)24-28-14-23(35-24)21(33)11-16-8-10-34-22-12-17(5-6-19(16)22)20-7-9-27-25(31-20)30-18-13-29-32(4)15-18;1-22(2,3)31-21(29)27-18-8-10-30-19-11-14(5-6-16(18)19)17-7-9-23-20(26-17)25-15-12-24-28(4)13-15;1-18(2,3)25-17(23)22-14-7-9-24-15-10-11(4-5-12(14)15)13-6-8-20-16(19)21-13;1-14(2,3)19-13(17)16-11-6-7-18-12-8-9(15)4-5-10(11)12;1-8(2,3)7-9-4-5(12-7)6(10)11;5-3-1-2-7-4(6)8-3;1-7-3-4(5)2-6-7;1-2;/h5-7,9,12-16H,8,10-11H2,1-4H3,(H,27,30,31);5-7,9,11-13,18H,8,10H2,1-4H3,(H,27,29)(H,23,25,26);4-6,8,10,14H,7,9H2,1-3H3,(H,22,23);4-5,8,11H,6-7H2,1-3H3,(H,16,17);4H,1-3H3,(H,10,11);1-2H;2-3H,5H2,1H3;2H,1H3;1H4. The second-order valence-electron chi connectivity index (χ2n) is 36.7. The predicted octanol–water partition coefficient (Wildman–Crippen LogP) is 22.5. The van der Waals surface area contributed by atoms with Gasteiger partial charge in [0.15, 0.2) is 5.78 Å². The average Bonchev–Trinajstić information content (AvgIpc) is 1.04. The number of nitrogen functional groups attached to an aromatic ring is 1. The average molecular weight is 2100 g/mol. The van der Waals surface area contributed by atoms with Crippen LogP contribution in [0.4, 0.5) is 43.3 Å². The highest BCUT2D eigenvalue weighted by Crippen LogP contribution is 2.43. The number of halogens is 4. The van der Waals surface area contributed by atoms with Gasteiger partial charge in [-0.05, 0) is 164 Å². The Balaban J connectivity index is 0.000000192. The molecule has 0 radical (unpaired) electrons. The maximum absolute atomic E-state index is 13.0. The number of fused-ring (bicyclic) bond motifs is 4. The normalized spacial score (nSPS) is 14.7. The van der Waals surface area contributed by atoms with Crippen LogP contribution in [-0.4, -0.2) is 164 Å². The smallest absolute Gasteiger partial charge is 0.408 e. The minimum absolute atomic E-state index is 0. The van der Waals surface area contributed by atoms with Crippen LogP contribution in [0.1, 0.15) is 219 Å². The van der Waals surface area contributed by atoms with Crippen LogP contribution in [-0.2, 0) is 46.2 Å². The number of carbonyl (C=O) groups is 5. The molecule has 0 fully saturated rings. The lowest BCUT2D eigenvalue weighted by Gasteiger charge is -2.28. The van der Waals surface area contributed by atoms with Crippen LogP contribution in [0.15, 0.2) is 176 Å². The molecular weight excluding hydrogens is 1980 g/mol. The number of benzene rings is 4. The van der Waals surface area contributed by atoms with Gasteiger partial charge in [-0.2, -0.15) is 27.9 Å². The second-order valence-corrected chi connectivity index (χ2v) is 40.7. The van der Waals surface area contributed by atoms with Crippen LogP contribution in [0.5, 0.6) is 23.0 Å². The Labute approximate surface area is 852 Å². The van der Waals surface area contributed by atoms with Gasteiger partial charge in [-0.25, -0.2) is 69.0 Å². The molecule has 4 aromatic carbocycles. The molecule has 17 rings (SSSR count). The Morgan fingerprint density at radius 2 is 0.829 bits per heavy atom. The monoisotopic (exact) mass is 2090 g/mol. The van der Waals surface area contributed by atoms with E-state index in [2.05, 4.69) is 147 Å². The molecule has 0 saturated heterocycles. The lowest BCUT2D eigenvalue weighted by atomic mass is 9.87. The first kappa shape index (κ1) is 111. The molecule has 0 spiro atoms. The van der Waals surface area contributed by atoms with Crippen molar-refractivity contribution >= 4 is 145 Å². The molecule has 4 aliphatic rings. The highest BCUT2D eigenvalue weighted by molar-refractivity contribution is 9.10. The number of nitrogens with one attached hydrogen (secondary N) is 5. The number of ketones is 1. The number of aromatic carboxylic acids is 1. The summed E-state index contributed by atoms with van der Waals surface area (Å²) in [6, 6.07) is 30.2. The van der Waals surface area contributed by atoms with Crippen molar-refractivity contribution in [1.82, 2.24) is 95.1 Å². The van der Waals surface area contributed by atoms with Crippen LogP contribution in [0, 0.1) is 0 Å². The molecule has 0 bridgehead atoms. The number of hydrogen-bond acceptors (Lipinski definition) is 31. The number of nitrogens with zero attached hydrogens (tertiary/aromatic N) is 16. The first-order valence-electron chi connectivity index (χ1n) is 44.1. The van der Waals surface area contributed by atoms with E-state index in [1.54, 1.807) is 82.0 Å². The van der Waals surface area contributed by atoms with Crippen molar-refractivity contribution in [2.24, 2.45) is 21.1 Å². The summed E-state index contributed by atoms with van der Waals surface area (Å²) in [7, 11) is 5.54. The van der Waals surface area contributed by atoms with Crippen molar-refractivity contribution in [3.63, 3.8) is 0 Å². The van der Waals surface area contributed by atoms with E-state index in [9.17, 15) is 24.0 Å². The van der Waals surface area contributed by atoms with Crippen LogP contribution < -0.4 is 51.3 Å². The number of rotatable bonds is 14. The fraction of sp³-hybridized carbons (Fsp3) is 0.388. The number of carboxylic acids is 1. The number of thiol groups is 1. The Morgan fingerprint density at radius 1 is 0.464 bits per heavy atom. The lowest BCUT2D eigenvalue weighted by molar-refractivity contribution is 0.0478. The second kappa shape index (κ2) is 50.5. The van der Waals surface area contributed by atoms with Crippen molar-refractivity contribution in [2.75, 3.05) is 49.1 Å². The maximum Gasteiger partial charge on any atom is 0.408 e. The number of anilines is 5. The first-order valence-corrected chi connectivity index (χ1v) is 48.5. The van der Waals surface area contributed by atoms with E-state index in [0.29, 0.717) is 79.0 Å². The summed E-state index contributed by atoms with van der Waals surface area (Å²) >= 11 is 26.3. The topological polar surface area (TPSA) is 439 Å². The van der Waals surface area contributed by atoms with E-state index in [0.717, 1.165) is 117 Å². The number of ether oxygens (including phenoxy) is 7. The third kappa shape index (κ3) is 35.0. The van der Waals surface area contributed by atoms with Gasteiger partial charge < -0.3 is 70.6 Å². The molecule has 35 nitrogen and oxygen atoms in total. The van der Waals surface area contributed by atoms with E-state index in [-0.39, 0.29) is 58.7 Å². The van der Waals surface area contributed by atoms with Gasteiger partial charge in [-0.15, -0.1) is 22.7 Å². The van der Waals surface area contributed by atoms with Crippen molar-refractivity contribution < 1.29 is 62.2 Å². The number of alkyl carbamates (subject to hydrolysis) is 3. The summed E-state index contributed by atoms with van der Waals surface area (Å²) in [6.07, 6.45) is 24.0. The number of Topliss-reactive ketones (excluding diaryl/α,β-unsaturated/α-hetero) is 1. The molecular formula is C98H120BrCl3N22O13S3. The maximum atomic E-state index is 13.0. The third-order valence-electron chi connectivity index (χ3n) is 19.6. The van der Waals surface area contributed by atoms with E-state index in [1.807, 2.05) is 195 Å². The summed E-state index contributed by atoms with van der Waals surface area (Å²) in [6.45, 7) is 31.2. The Morgan fingerprint density at radius 3 is 1.18 bits per heavy atom. The Bertz CT molecular complexity index is 6290.